The van der Waals surface area contributed by atoms with Crippen LogP contribution in [-0.4, -0.2) is 35.8 Å². The van der Waals surface area contributed by atoms with Gasteiger partial charge in [-0.15, -0.1) is 0 Å². The first-order chi connectivity index (χ1) is 15.3. The summed E-state index contributed by atoms with van der Waals surface area (Å²) in [6.45, 7) is 2.76. The summed E-state index contributed by atoms with van der Waals surface area (Å²) in [7, 11) is 0. The van der Waals surface area contributed by atoms with Gasteiger partial charge in [-0.3, -0.25) is 0 Å². The van der Waals surface area contributed by atoms with Crippen molar-refractivity contribution in [1.82, 2.24) is 15.3 Å². The Bertz CT molecular complexity index is 968. The maximum Gasteiger partial charge on any atom is 0.223 e. The fraction of sp³-hybridized carbons (Fsp3) is 0.333. The van der Waals surface area contributed by atoms with Crippen LogP contribution in [0.25, 0.3) is 0 Å². The van der Waals surface area contributed by atoms with Crippen molar-refractivity contribution < 1.29 is 14.2 Å². The highest BCUT2D eigenvalue weighted by Gasteiger charge is 2.20. The molecular formula is C24H28N4O3. The molecule has 1 aliphatic rings. The number of anilines is 1. The lowest BCUT2D eigenvalue weighted by Crippen LogP contribution is -2.35. The first-order valence-electron chi connectivity index (χ1n) is 10.6. The first-order valence-corrected chi connectivity index (χ1v) is 10.6. The van der Waals surface area contributed by atoms with E-state index in [1.807, 2.05) is 30.3 Å². The standard InChI is InChI=1S/C24H28N4O3/c25-24-27-13-11-23(28-24)29-14-4-12-26-16-21-10-8-19-7-9-20(15-22(19)31-21)30-17-18-5-2-1-3-6-18/h1-3,5-7,9,11,13,15,21,26H,4,8,10,12,14,16-17H2,(H2,25,27,28). The molecule has 0 spiro atoms. The Labute approximate surface area is 182 Å². The second-order valence-corrected chi connectivity index (χ2v) is 7.48. The van der Waals surface area contributed by atoms with E-state index in [9.17, 15) is 0 Å². The summed E-state index contributed by atoms with van der Waals surface area (Å²) in [5, 5.41) is 3.45. The van der Waals surface area contributed by atoms with Gasteiger partial charge in [-0.25, -0.2) is 4.98 Å². The minimum Gasteiger partial charge on any atom is -0.489 e. The molecule has 0 amide bonds. The number of fused-ring (bicyclic) bond motifs is 1. The average molecular weight is 421 g/mol. The third-order valence-corrected chi connectivity index (χ3v) is 5.08. The molecule has 0 radical (unpaired) electrons. The number of aryl methyl sites for hydroxylation is 1. The molecule has 4 rings (SSSR count). The van der Waals surface area contributed by atoms with Crippen LogP contribution in [0.4, 0.5) is 5.95 Å². The fourth-order valence-corrected chi connectivity index (χ4v) is 3.45. The second kappa shape index (κ2) is 10.6. The highest BCUT2D eigenvalue weighted by molar-refractivity contribution is 5.42. The lowest BCUT2D eigenvalue weighted by atomic mass is 10.0. The van der Waals surface area contributed by atoms with E-state index >= 15 is 0 Å². The van der Waals surface area contributed by atoms with Gasteiger partial charge < -0.3 is 25.3 Å². The summed E-state index contributed by atoms with van der Waals surface area (Å²) in [6, 6.07) is 18.0. The zero-order valence-corrected chi connectivity index (χ0v) is 17.5. The van der Waals surface area contributed by atoms with Crippen LogP contribution in [0.15, 0.2) is 60.8 Å². The summed E-state index contributed by atoms with van der Waals surface area (Å²) in [5.41, 5.74) is 7.93. The highest BCUT2D eigenvalue weighted by atomic mass is 16.5. The lowest BCUT2D eigenvalue weighted by Gasteiger charge is -2.27. The van der Waals surface area contributed by atoms with Gasteiger partial charge in [0.2, 0.25) is 11.8 Å². The summed E-state index contributed by atoms with van der Waals surface area (Å²) in [4.78, 5) is 7.86. The van der Waals surface area contributed by atoms with Gasteiger partial charge in [-0.05, 0) is 43.0 Å². The van der Waals surface area contributed by atoms with Crippen molar-refractivity contribution in [1.29, 1.82) is 0 Å². The molecule has 7 nitrogen and oxygen atoms in total. The Hall–Kier alpha value is -3.32. The van der Waals surface area contributed by atoms with E-state index in [1.165, 1.54) is 5.56 Å². The van der Waals surface area contributed by atoms with E-state index in [1.54, 1.807) is 12.3 Å². The molecule has 31 heavy (non-hydrogen) atoms. The highest BCUT2D eigenvalue weighted by Crippen LogP contribution is 2.31. The molecule has 2 aromatic carbocycles. The van der Waals surface area contributed by atoms with Crippen molar-refractivity contribution >= 4 is 5.95 Å². The molecule has 1 aliphatic heterocycles. The molecule has 2 heterocycles. The molecule has 0 saturated carbocycles. The van der Waals surface area contributed by atoms with Crippen molar-refractivity contribution in [3.05, 3.63) is 71.9 Å². The van der Waals surface area contributed by atoms with E-state index in [2.05, 4.69) is 33.5 Å². The van der Waals surface area contributed by atoms with Gasteiger partial charge in [0.05, 0.1) is 6.61 Å². The van der Waals surface area contributed by atoms with E-state index in [0.29, 0.717) is 19.1 Å². The van der Waals surface area contributed by atoms with Crippen LogP contribution in [0, 0.1) is 0 Å². The number of hydrogen-bond acceptors (Lipinski definition) is 7. The van der Waals surface area contributed by atoms with Crippen molar-refractivity contribution in [2.75, 3.05) is 25.4 Å². The summed E-state index contributed by atoms with van der Waals surface area (Å²) >= 11 is 0. The molecule has 7 heteroatoms. The molecule has 1 aromatic heterocycles. The van der Waals surface area contributed by atoms with Crippen LogP contribution in [0.2, 0.25) is 0 Å². The summed E-state index contributed by atoms with van der Waals surface area (Å²) in [6.07, 6.45) is 4.62. The van der Waals surface area contributed by atoms with E-state index < -0.39 is 0 Å². The Morgan fingerprint density at radius 1 is 1.10 bits per heavy atom. The molecule has 0 saturated heterocycles. The number of ether oxygens (including phenoxy) is 3. The van der Waals surface area contributed by atoms with E-state index in [0.717, 1.165) is 49.4 Å². The number of nitrogens with zero attached hydrogens (tertiary/aromatic N) is 2. The Morgan fingerprint density at radius 3 is 2.87 bits per heavy atom. The van der Waals surface area contributed by atoms with Gasteiger partial charge in [-0.2, -0.15) is 4.98 Å². The maximum atomic E-state index is 6.21. The minimum atomic E-state index is 0.152. The molecule has 3 N–H and O–H groups in total. The molecule has 0 bridgehead atoms. The molecule has 1 unspecified atom stereocenters. The van der Waals surface area contributed by atoms with Gasteiger partial charge in [-0.1, -0.05) is 36.4 Å². The van der Waals surface area contributed by atoms with Crippen molar-refractivity contribution in [2.24, 2.45) is 0 Å². The Balaban J connectivity index is 1.17. The number of hydrogen-bond donors (Lipinski definition) is 2. The lowest BCUT2D eigenvalue weighted by molar-refractivity contribution is 0.168. The molecule has 0 aliphatic carbocycles. The minimum absolute atomic E-state index is 0.152. The van der Waals surface area contributed by atoms with Crippen molar-refractivity contribution in [2.45, 2.75) is 32.0 Å². The van der Waals surface area contributed by atoms with Crippen LogP contribution >= 0.6 is 0 Å². The van der Waals surface area contributed by atoms with Gasteiger partial charge in [0, 0.05) is 24.9 Å². The van der Waals surface area contributed by atoms with Crippen molar-refractivity contribution in [3.63, 3.8) is 0 Å². The first kappa shape index (κ1) is 20.9. The average Bonchev–Trinajstić information content (AvgIpc) is 2.80. The fourth-order valence-electron chi connectivity index (χ4n) is 3.45. The SMILES string of the molecule is Nc1nccc(OCCCNCC2CCc3ccc(OCc4ccccc4)cc3O2)n1. The normalized spacial score (nSPS) is 15.0. The number of nitrogens with one attached hydrogen (secondary N) is 1. The monoisotopic (exact) mass is 420 g/mol. The quantitative estimate of drug-likeness (QED) is 0.486. The van der Waals surface area contributed by atoms with Crippen LogP contribution in [0.3, 0.4) is 0 Å². The molecule has 1 atom stereocenters. The molecule has 162 valence electrons. The smallest absolute Gasteiger partial charge is 0.223 e. The van der Waals surface area contributed by atoms with Gasteiger partial charge in [0.1, 0.15) is 24.2 Å². The number of benzene rings is 2. The van der Waals surface area contributed by atoms with Gasteiger partial charge in [0.15, 0.2) is 0 Å². The van der Waals surface area contributed by atoms with Crippen LogP contribution in [-0.2, 0) is 13.0 Å². The number of nitrogens with two attached hydrogens (primary N) is 1. The summed E-state index contributed by atoms with van der Waals surface area (Å²) < 4.78 is 17.7. The zero-order chi connectivity index (χ0) is 21.3. The maximum absolute atomic E-state index is 6.21. The van der Waals surface area contributed by atoms with E-state index in [4.69, 9.17) is 19.9 Å². The van der Waals surface area contributed by atoms with E-state index in [-0.39, 0.29) is 12.1 Å². The van der Waals surface area contributed by atoms with Crippen LogP contribution < -0.4 is 25.3 Å². The Kier molecular flexibility index (Phi) is 7.18. The van der Waals surface area contributed by atoms with Gasteiger partial charge in [0.25, 0.3) is 0 Å². The second-order valence-electron chi connectivity index (χ2n) is 7.48. The zero-order valence-electron chi connectivity index (χ0n) is 17.5. The number of aromatic nitrogens is 2. The Morgan fingerprint density at radius 2 is 2.00 bits per heavy atom. The predicted octanol–water partition coefficient (Wildman–Crippen LogP) is 3.39. The van der Waals surface area contributed by atoms with Crippen LogP contribution in [0.5, 0.6) is 17.4 Å². The largest absolute Gasteiger partial charge is 0.489 e. The number of rotatable bonds is 10. The van der Waals surface area contributed by atoms with Gasteiger partial charge >= 0.3 is 0 Å². The predicted molar refractivity (Wildman–Crippen MR) is 119 cm³/mol. The number of nitrogen functional groups attached to an aromatic ring is 1. The third-order valence-electron chi connectivity index (χ3n) is 5.08. The van der Waals surface area contributed by atoms with Crippen LogP contribution in [0.1, 0.15) is 24.0 Å². The third kappa shape index (κ3) is 6.33. The molecule has 0 fully saturated rings. The molecular weight excluding hydrogens is 392 g/mol. The van der Waals surface area contributed by atoms with Crippen molar-refractivity contribution in [3.8, 4) is 17.4 Å². The molecule has 3 aromatic rings. The topological polar surface area (TPSA) is 91.5 Å². The summed E-state index contributed by atoms with van der Waals surface area (Å²) in [5.74, 6) is 2.48.